The van der Waals surface area contributed by atoms with Gasteiger partial charge >= 0.3 is 12.0 Å². The summed E-state index contributed by atoms with van der Waals surface area (Å²) in [4.78, 5) is 32.3. The zero-order valence-corrected chi connectivity index (χ0v) is 10.8. The van der Waals surface area contributed by atoms with Gasteiger partial charge in [-0.3, -0.25) is 4.79 Å². The number of benzene rings is 1. The third-order valence-corrected chi connectivity index (χ3v) is 2.41. The van der Waals surface area contributed by atoms with E-state index in [0.29, 0.717) is 5.69 Å². The van der Waals surface area contributed by atoms with Gasteiger partial charge in [-0.25, -0.2) is 9.59 Å². The SMILES string of the molecule is CC(NC(=O)/C=C/C(=O)O)c1ccc(NC(N)=O)cc1. The van der Waals surface area contributed by atoms with Crippen LogP contribution in [0.5, 0.6) is 0 Å². The maximum absolute atomic E-state index is 11.4. The number of hydrogen-bond donors (Lipinski definition) is 4. The van der Waals surface area contributed by atoms with Gasteiger partial charge < -0.3 is 21.5 Å². The lowest BCUT2D eigenvalue weighted by Crippen LogP contribution is -2.25. The van der Waals surface area contributed by atoms with E-state index in [1.807, 2.05) is 0 Å². The number of nitrogens with two attached hydrogens (primary N) is 1. The third-order valence-electron chi connectivity index (χ3n) is 2.41. The summed E-state index contributed by atoms with van der Waals surface area (Å²) in [7, 11) is 0. The Kier molecular flexibility index (Phi) is 5.28. The summed E-state index contributed by atoms with van der Waals surface area (Å²) in [5.41, 5.74) is 6.33. The van der Waals surface area contributed by atoms with Crippen LogP contribution >= 0.6 is 0 Å². The lowest BCUT2D eigenvalue weighted by atomic mass is 10.1. The van der Waals surface area contributed by atoms with Crippen LogP contribution in [-0.2, 0) is 9.59 Å². The van der Waals surface area contributed by atoms with E-state index < -0.39 is 17.9 Å². The molecule has 0 aliphatic carbocycles. The minimum absolute atomic E-state index is 0.302. The van der Waals surface area contributed by atoms with Crippen molar-refractivity contribution in [1.29, 1.82) is 0 Å². The number of hydrogen-bond acceptors (Lipinski definition) is 3. The molecule has 1 unspecified atom stereocenters. The lowest BCUT2D eigenvalue weighted by Gasteiger charge is -2.13. The van der Waals surface area contributed by atoms with Crippen molar-refractivity contribution in [2.24, 2.45) is 5.73 Å². The maximum atomic E-state index is 11.4. The molecule has 0 heterocycles. The van der Waals surface area contributed by atoms with Crippen molar-refractivity contribution in [2.75, 3.05) is 5.32 Å². The first-order valence-corrected chi connectivity index (χ1v) is 5.76. The number of carboxylic acid groups (broad SMARTS) is 1. The predicted molar refractivity (Wildman–Crippen MR) is 73.0 cm³/mol. The Hall–Kier alpha value is -2.83. The lowest BCUT2D eigenvalue weighted by molar-refractivity contribution is -0.131. The molecule has 0 aliphatic rings. The maximum Gasteiger partial charge on any atom is 0.328 e. The van der Waals surface area contributed by atoms with Crippen LogP contribution in [-0.4, -0.2) is 23.0 Å². The van der Waals surface area contributed by atoms with Gasteiger partial charge in [0.1, 0.15) is 0 Å². The monoisotopic (exact) mass is 277 g/mol. The van der Waals surface area contributed by atoms with Crippen LogP contribution in [0.15, 0.2) is 36.4 Å². The van der Waals surface area contributed by atoms with E-state index in [-0.39, 0.29) is 6.04 Å². The van der Waals surface area contributed by atoms with Gasteiger partial charge in [-0.05, 0) is 24.6 Å². The molecule has 7 nitrogen and oxygen atoms in total. The first-order valence-electron chi connectivity index (χ1n) is 5.76. The highest BCUT2D eigenvalue weighted by atomic mass is 16.4. The van der Waals surface area contributed by atoms with Crippen LogP contribution in [0, 0.1) is 0 Å². The van der Waals surface area contributed by atoms with E-state index in [0.717, 1.165) is 17.7 Å². The van der Waals surface area contributed by atoms with Crippen LogP contribution in [0.3, 0.4) is 0 Å². The van der Waals surface area contributed by atoms with E-state index in [1.54, 1.807) is 31.2 Å². The zero-order chi connectivity index (χ0) is 15.1. The largest absolute Gasteiger partial charge is 0.478 e. The molecule has 0 spiro atoms. The first-order chi connectivity index (χ1) is 9.38. The van der Waals surface area contributed by atoms with Gasteiger partial charge in [0.15, 0.2) is 0 Å². The molecule has 0 fully saturated rings. The Morgan fingerprint density at radius 1 is 1.20 bits per heavy atom. The minimum Gasteiger partial charge on any atom is -0.478 e. The molecule has 3 amide bonds. The molecule has 0 bridgehead atoms. The smallest absolute Gasteiger partial charge is 0.328 e. The summed E-state index contributed by atoms with van der Waals surface area (Å²) in [6.45, 7) is 1.75. The number of carbonyl (C=O) groups excluding carboxylic acids is 2. The van der Waals surface area contributed by atoms with Crippen molar-refractivity contribution >= 4 is 23.6 Å². The number of aliphatic carboxylic acids is 1. The molecule has 0 aliphatic heterocycles. The average Bonchev–Trinajstić information content (AvgIpc) is 2.36. The second kappa shape index (κ2) is 6.93. The Labute approximate surface area is 115 Å². The molecule has 1 aromatic rings. The number of anilines is 1. The third kappa shape index (κ3) is 5.21. The molecule has 106 valence electrons. The Morgan fingerprint density at radius 3 is 2.30 bits per heavy atom. The summed E-state index contributed by atoms with van der Waals surface area (Å²) >= 11 is 0. The van der Waals surface area contributed by atoms with Gasteiger partial charge in [-0.1, -0.05) is 12.1 Å². The quantitative estimate of drug-likeness (QED) is 0.599. The number of primary amides is 1. The van der Waals surface area contributed by atoms with E-state index >= 15 is 0 Å². The molecule has 0 radical (unpaired) electrons. The molecule has 5 N–H and O–H groups in total. The van der Waals surface area contributed by atoms with Crippen molar-refractivity contribution in [1.82, 2.24) is 5.32 Å². The highest BCUT2D eigenvalue weighted by Crippen LogP contribution is 2.15. The molecule has 20 heavy (non-hydrogen) atoms. The Bertz CT molecular complexity index is 537. The average molecular weight is 277 g/mol. The van der Waals surface area contributed by atoms with Crippen LogP contribution in [0.25, 0.3) is 0 Å². The van der Waals surface area contributed by atoms with E-state index in [4.69, 9.17) is 10.8 Å². The minimum atomic E-state index is -1.19. The van der Waals surface area contributed by atoms with Gasteiger partial charge in [0.05, 0.1) is 6.04 Å². The highest BCUT2D eigenvalue weighted by Gasteiger charge is 2.08. The molecule has 0 saturated heterocycles. The molecule has 1 rings (SSSR count). The number of carbonyl (C=O) groups is 3. The van der Waals surface area contributed by atoms with Crippen LogP contribution in [0.1, 0.15) is 18.5 Å². The first kappa shape index (κ1) is 15.2. The number of nitrogens with one attached hydrogen (secondary N) is 2. The number of carboxylic acids is 1. The normalized spacial score (nSPS) is 11.8. The van der Waals surface area contributed by atoms with Gasteiger partial charge in [-0.2, -0.15) is 0 Å². The fourth-order valence-corrected chi connectivity index (χ4v) is 1.49. The molecule has 0 saturated carbocycles. The Balaban J connectivity index is 2.63. The molecule has 7 heteroatoms. The standard InChI is InChI=1S/C13H15N3O4/c1-8(15-11(17)6-7-12(18)19)9-2-4-10(5-3-9)16-13(14)20/h2-8H,1H3,(H,15,17)(H,18,19)(H3,14,16,20)/b7-6+. The van der Waals surface area contributed by atoms with Crippen molar-refractivity contribution < 1.29 is 19.5 Å². The van der Waals surface area contributed by atoms with Crippen molar-refractivity contribution in [2.45, 2.75) is 13.0 Å². The molecule has 0 aromatic heterocycles. The fraction of sp³-hybridized carbons (Fsp3) is 0.154. The van der Waals surface area contributed by atoms with Gasteiger partial charge in [0.25, 0.3) is 0 Å². The number of amides is 3. The summed E-state index contributed by atoms with van der Waals surface area (Å²) in [5.74, 6) is -1.69. The van der Waals surface area contributed by atoms with Crippen LogP contribution in [0.4, 0.5) is 10.5 Å². The topological polar surface area (TPSA) is 122 Å². The highest BCUT2D eigenvalue weighted by molar-refractivity contribution is 5.94. The second-order valence-corrected chi connectivity index (χ2v) is 4.01. The van der Waals surface area contributed by atoms with Crippen molar-refractivity contribution in [3.8, 4) is 0 Å². The van der Waals surface area contributed by atoms with Crippen molar-refractivity contribution in [3.05, 3.63) is 42.0 Å². The number of urea groups is 1. The molecular weight excluding hydrogens is 262 g/mol. The molecule has 1 atom stereocenters. The summed E-state index contributed by atoms with van der Waals surface area (Å²) in [5, 5.41) is 13.4. The van der Waals surface area contributed by atoms with Crippen LogP contribution in [0.2, 0.25) is 0 Å². The predicted octanol–water partition coefficient (Wildman–Crippen LogP) is 0.995. The zero-order valence-electron chi connectivity index (χ0n) is 10.8. The second-order valence-electron chi connectivity index (χ2n) is 4.01. The summed E-state index contributed by atoms with van der Waals surface area (Å²) in [6, 6.07) is 5.78. The summed E-state index contributed by atoms with van der Waals surface area (Å²) in [6.07, 6.45) is 1.71. The van der Waals surface area contributed by atoms with Crippen LogP contribution < -0.4 is 16.4 Å². The van der Waals surface area contributed by atoms with E-state index in [2.05, 4.69) is 10.6 Å². The van der Waals surface area contributed by atoms with E-state index in [9.17, 15) is 14.4 Å². The molecule has 1 aromatic carbocycles. The van der Waals surface area contributed by atoms with Gasteiger partial charge in [0.2, 0.25) is 5.91 Å². The fourth-order valence-electron chi connectivity index (χ4n) is 1.49. The summed E-state index contributed by atoms with van der Waals surface area (Å²) < 4.78 is 0. The van der Waals surface area contributed by atoms with Gasteiger partial charge in [-0.15, -0.1) is 0 Å². The Morgan fingerprint density at radius 2 is 1.80 bits per heavy atom. The van der Waals surface area contributed by atoms with Crippen molar-refractivity contribution in [3.63, 3.8) is 0 Å². The van der Waals surface area contributed by atoms with Gasteiger partial charge in [0, 0.05) is 17.8 Å². The van der Waals surface area contributed by atoms with E-state index in [1.165, 1.54) is 0 Å². The molecular formula is C13H15N3O4. The number of rotatable bonds is 5.